The van der Waals surface area contributed by atoms with Crippen molar-refractivity contribution < 1.29 is 13.2 Å². The van der Waals surface area contributed by atoms with Crippen molar-refractivity contribution in [2.45, 2.75) is 6.18 Å². The Kier molecular flexibility index (Phi) is 2.56. The minimum absolute atomic E-state index is 0.0178. The van der Waals surface area contributed by atoms with E-state index in [1.807, 2.05) is 0 Å². The first-order valence-electron chi connectivity index (χ1n) is 3.71. The maximum absolute atomic E-state index is 12.4. The van der Waals surface area contributed by atoms with Gasteiger partial charge in [-0.3, -0.25) is 0 Å². The number of hydrogen-bond acceptors (Lipinski definition) is 2. The molecule has 0 saturated carbocycles. The van der Waals surface area contributed by atoms with Crippen LogP contribution in [-0.2, 0) is 6.18 Å². The monoisotopic (exact) mass is 271 g/mol. The van der Waals surface area contributed by atoms with Gasteiger partial charge < -0.3 is 0 Å². The molecule has 0 spiro atoms. The molecule has 15 heavy (non-hydrogen) atoms. The van der Waals surface area contributed by atoms with E-state index in [0.29, 0.717) is 9.04 Å². The van der Waals surface area contributed by atoms with Crippen LogP contribution in [0, 0.1) is 0 Å². The molecule has 7 heteroatoms. The molecular formula is C8H2Cl2F3NS. The topological polar surface area (TPSA) is 12.9 Å². The maximum Gasteiger partial charge on any atom is 0.433 e. The molecule has 0 aliphatic carbocycles. The Bertz CT molecular complexity index is 520. The molecule has 0 N–H and O–H groups in total. The second-order valence-electron chi connectivity index (χ2n) is 2.75. The Morgan fingerprint density at radius 1 is 1.20 bits per heavy atom. The van der Waals surface area contributed by atoms with Crippen molar-refractivity contribution in [3.05, 3.63) is 27.2 Å². The Labute approximate surface area is 96.4 Å². The fourth-order valence-electron chi connectivity index (χ4n) is 1.10. The van der Waals surface area contributed by atoms with Crippen molar-refractivity contribution in [1.82, 2.24) is 4.98 Å². The van der Waals surface area contributed by atoms with Crippen molar-refractivity contribution in [1.29, 1.82) is 0 Å². The summed E-state index contributed by atoms with van der Waals surface area (Å²) in [6.07, 6.45) is -4.49. The van der Waals surface area contributed by atoms with E-state index in [2.05, 4.69) is 4.98 Å². The summed E-state index contributed by atoms with van der Waals surface area (Å²) in [7, 11) is 0. The van der Waals surface area contributed by atoms with Crippen molar-refractivity contribution in [2.24, 2.45) is 0 Å². The van der Waals surface area contributed by atoms with Crippen LogP contribution in [0.5, 0.6) is 0 Å². The highest BCUT2D eigenvalue weighted by molar-refractivity contribution is 7.23. The molecule has 0 bridgehead atoms. The smallest absolute Gasteiger partial charge is 0.242 e. The summed E-state index contributed by atoms with van der Waals surface area (Å²) in [6, 6.07) is 2.17. The number of alkyl halides is 3. The lowest BCUT2D eigenvalue weighted by atomic mass is 10.3. The van der Waals surface area contributed by atoms with Gasteiger partial charge in [-0.25, -0.2) is 4.98 Å². The first-order chi connectivity index (χ1) is 6.88. The van der Waals surface area contributed by atoms with Crippen molar-refractivity contribution in [3.8, 4) is 0 Å². The maximum atomic E-state index is 12.4. The Morgan fingerprint density at radius 2 is 1.87 bits per heavy atom. The third-order valence-electron chi connectivity index (χ3n) is 1.69. The number of nitrogens with zero attached hydrogens (tertiary/aromatic N) is 1. The Morgan fingerprint density at radius 3 is 2.47 bits per heavy atom. The van der Waals surface area contributed by atoms with Crippen LogP contribution >= 0.6 is 34.5 Å². The molecule has 0 fully saturated rings. The third kappa shape index (κ3) is 2.04. The van der Waals surface area contributed by atoms with Crippen molar-refractivity contribution >= 4 is 44.8 Å². The molecule has 0 aromatic carbocycles. The van der Waals surface area contributed by atoms with Gasteiger partial charge in [-0.1, -0.05) is 23.2 Å². The fourth-order valence-corrected chi connectivity index (χ4v) is 2.48. The molecule has 2 aromatic rings. The minimum atomic E-state index is -4.49. The Balaban J connectivity index is 2.72. The second kappa shape index (κ2) is 3.50. The van der Waals surface area contributed by atoms with Crippen LogP contribution in [0.2, 0.25) is 9.36 Å². The molecule has 80 valence electrons. The van der Waals surface area contributed by atoms with E-state index >= 15 is 0 Å². The zero-order valence-electron chi connectivity index (χ0n) is 6.90. The summed E-state index contributed by atoms with van der Waals surface area (Å²) >= 11 is 12.5. The van der Waals surface area contributed by atoms with Gasteiger partial charge in [0.2, 0.25) is 0 Å². The molecule has 0 saturated heterocycles. The predicted octanol–water partition coefficient (Wildman–Crippen LogP) is 4.62. The van der Waals surface area contributed by atoms with Gasteiger partial charge in [0.05, 0.1) is 19.6 Å². The first kappa shape index (κ1) is 11.0. The summed E-state index contributed by atoms with van der Waals surface area (Å²) in [6.45, 7) is 0. The Hall–Kier alpha value is -0.520. The van der Waals surface area contributed by atoms with E-state index in [1.54, 1.807) is 0 Å². The largest absolute Gasteiger partial charge is 0.433 e. The van der Waals surface area contributed by atoms with Gasteiger partial charge in [0.1, 0.15) is 5.69 Å². The zero-order valence-corrected chi connectivity index (χ0v) is 9.23. The highest BCUT2D eigenvalue weighted by Crippen LogP contribution is 2.37. The summed E-state index contributed by atoms with van der Waals surface area (Å²) in [5.74, 6) is 0. The van der Waals surface area contributed by atoms with E-state index in [0.717, 1.165) is 17.4 Å². The van der Waals surface area contributed by atoms with Crippen molar-refractivity contribution in [2.75, 3.05) is 0 Å². The molecular weight excluding hydrogens is 270 g/mol. The van der Waals surface area contributed by atoms with Crippen LogP contribution in [0.15, 0.2) is 12.1 Å². The van der Waals surface area contributed by atoms with Crippen LogP contribution in [-0.4, -0.2) is 4.98 Å². The molecule has 1 nitrogen and oxygen atoms in total. The molecule has 0 aliphatic heterocycles. The standard InChI is InChI=1S/C8H2Cl2F3NS/c9-3-1-5(8(11,12)13)14-4-2-6(10)15-7(3)4/h1-2H. The van der Waals surface area contributed by atoms with Crippen molar-refractivity contribution in [3.63, 3.8) is 0 Å². The van der Waals surface area contributed by atoms with Gasteiger partial charge in [-0.2, -0.15) is 13.2 Å². The molecule has 0 radical (unpaired) electrons. The quantitative estimate of drug-likeness (QED) is 0.681. The van der Waals surface area contributed by atoms with Gasteiger partial charge in [0.25, 0.3) is 0 Å². The number of pyridine rings is 1. The molecule has 0 unspecified atom stereocenters. The third-order valence-corrected chi connectivity index (χ3v) is 3.39. The number of thiophene rings is 1. The highest BCUT2D eigenvalue weighted by Gasteiger charge is 2.33. The number of halogens is 5. The number of rotatable bonds is 0. The number of hydrogen-bond donors (Lipinski definition) is 0. The summed E-state index contributed by atoms with van der Waals surface area (Å²) in [4.78, 5) is 3.44. The zero-order chi connectivity index (χ0) is 11.2. The molecule has 0 aliphatic rings. The van der Waals surface area contributed by atoms with Crippen LogP contribution < -0.4 is 0 Å². The minimum Gasteiger partial charge on any atom is -0.242 e. The van der Waals surface area contributed by atoms with Gasteiger partial charge >= 0.3 is 6.18 Å². The van der Waals surface area contributed by atoms with Gasteiger partial charge in [0.15, 0.2) is 0 Å². The number of aromatic nitrogens is 1. The second-order valence-corrected chi connectivity index (χ2v) is 4.84. The number of fused-ring (bicyclic) bond motifs is 1. The van der Waals surface area contributed by atoms with Gasteiger partial charge in [-0.05, 0) is 12.1 Å². The lowest BCUT2D eigenvalue weighted by Crippen LogP contribution is -2.07. The molecule has 2 rings (SSSR count). The molecule has 2 heterocycles. The molecule has 2 aromatic heterocycles. The summed E-state index contributed by atoms with van der Waals surface area (Å²) in [5.41, 5.74) is -0.834. The predicted molar refractivity (Wildman–Crippen MR) is 54.6 cm³/mol. The first-order valence-corrected chi connectivity index (χ1v) is 5.28. The average Bonchev–Trinajstić information content (AvgIpc) is 2.44. The lowest BCUT2D eigenvalue weighted by molar-refractivity contribution is -0.140. The lowest BCUT2D eigenvalue weighted by Gasteiger charge is -2.05. The average molecular weight is 272 g/mol. The van der Waals surface area contributed by atoms with Crippen LogP contribution in [0.4, 0.5) is 13.2 Å². The van der Waals surface area contributed by atoms with E-state index in [1.165, 1.54) is 6.07 Å². The van der Waals surface area contributed by atoms with Gasteiger partial charge in [0, 0.05) is 0 Å². The normalized spacial score (nSPS) is 12.3. The SMILES string of the molecule is FC(F)(F)c1cc(Cl)c2sc(Cl)cc2n1. The highest BCUT2D eigenvalue weighted by atomic mass is 35.5. The van der Waals surface area contributed by atoms with E-state index in [9.17, 15) is 13.2 Å². The van der Waals surface area contributed by atoms with Gasteiger partial charge in [-0.15, -0.1) is 11.3 Å². The van der Waals surface area contributed by atoms with Crippen LogP contribution in [0.3, 0.4) is 0 Å². The van der Waals surface area contributed by atoms with E-state index in [-0.39, 0.29) is 10.5 Å². The van der Waals surface area contributed by atoms with E-state index in [4.69, 9.17) is 23.2 Å². The van der Waals surface area contributed by atoms with E-state index < -0.39 is 11.9 Å². The fraction of sp³-hybridized carbons (Fsp3) is 0.125. The molecule has 0 amide bonds. The summed E-state index contributed by atoms with van der Waals surface area (Å²) in [5, 5.41) is 0.0178. The molecule has 0 atom stereocenters. The van der Waals surface area contributed by atoms with Crippen LogP contribution in [0.1, 0.15) is 5.69 Å². The summed E-state index contributed by atoms with van der Waals surface area (Å²) < 4.78 is 37.9. The van der Waals surface area contributed by atoms with Crippen LogP contribution in [0.25, 0.3) is 10.2 Å².